The van der Waals surface area contributed by atoms with Crippen molar-refractivity contribution in [2.24, 2.45) is 17.3 Å². The first-order chi connectivity index (χ1) is 13.6. The van der Waals surface area contributed by atoms with E-state index in [9.17, 15) is 5.11 Å². The minimum atomic E-state index is -0.722. The minimum absolute atomic E-state index is 0.0172. The van der Waals surface area contributed by atoms with Gasteiger partial charge in [-0.25, -0.2) is 0 Å². The van der Waals surface area contributed by atoms with Gasteiger partial charge in [-0.15, -0.1) is 0 Å². The van der Waals surface area contributed by atoms with E-state index in [-0.39, 0.29) is 23.0 Å². The molecule has 7 atom stereocenters. The fourth-order valence-corrected chi connectivity index (χ4v) is 7.55. The van der Waals surface area contributed by atoms with Crippen LogP contribution in [0, 0.1) is 17.3 Å². The van der Waals surface area contributed by atoms with Gasteiger partial charge in [-0.2, -0.15) is 10.2 Å². The molecule has 1 aliphatic heterocycles. The highest BCUT2D eigenvalue weighted by Gasteiger charge is 2.62. The van der Waals surface area contributed by atoms with Crippen LogP contribution in [0.5, 0.6) is 0 Å². The third-order valence-electron chi connectivity index (χ3n) is 8.87. The Kier molecular flexibility index (Phi) is 4.32. The first-order valence-electron chi connectivity index (χ1n) is 11.5. The molecule has 29 heavy (non-hydrogen) atoms. The van der Waals surface area contributed by atoms with Gasteiger partial charge >= 0.3 is 0 Å². The van der Waals surface area contributed by atoms with Crippen LogP contribution in [0.2, 0.25) is 0 Å². The zero-order valence-corrected chi connectivity index (χ0v) is 18.7. The smallest absolute Gasteiger partial charge is 0.0769 e. The Hall–Kier alpha value is -1.26. The summed E-state index contributed by atoms with van der Waals surface area (Å²) in [5.41, 5.74) is 4.46. The molecule has 2 fully saturated rings. The number of aliphatic hydroxyl groups is 1. The minimum Gasteiger partial charge on any atom is -0.389 e. The van der Waals surface area contributed by atoms with Crippen LogP contribution in [-0.2, 0) is 17.6 Å². The molecule has 1 N–H and O–H groups in total. The van der Waals surface area contributed by atoms with E-state index in [1.54, 1.807) is 0 Å². The molecule has 0 aromatic carbocycles. The van der Waals surface area contributed by atoms with Gasteiger partial charge in [0.15, 0.2) is 0 Å². The molecular formula is C25H36N2O2. The number of fused-ring (bicyclic) bond motifs is 2. The summed E-state index contributed by atoms with van der Waals surface area (Å²) in [7, 11) is 0. The topological polar surface area (TPSA) is 55.2 Å². The van der Waals surface area contributed by atoms with Crippen LogP contribution >= 0.6 is 0 Å². The van der Waals surface area contributed by atoms with Gasteiger partial charge < -0.3 is 9.84 Å². The van der Waals surface area contributed by atoms with Crippen molar-refractivity contribution in [1.82, 2.24) is 10.2 Å². The van der Waals surface area contributed by atoms with Gasteiger partial charge in [-0.1, -0.05) is 25.5 Å². The average Bonchev–Trinajstić information content (AvgIpc) is 3.15. The Bertz CT molecular complexity index is 858. The molecule has 1 aromatic rings. The second kappa shape index (κ2) is 6.37. The molecule has 1 saturated carbocycles. The molecule has 1 spiro atoms. The van der Waals surface area contributed by atoms with Gasteiger partial charge in [0.2, 0.25) is 0 Å². The highest BCUT2D eigenvalue weighted by atomic mass is 16.5. The first-order valence-corrected chi connectivity index (χ1v) is 11.5. The van der Waals surface area contributed by atoms with Crippen molar-refractivity contribution in [2.45, 2.75) is 103 Å². The average molecular weight is 397 g/mol. The highest BCUT2D eigenvalue weighted by molar-refractivity contribution is 5.41. The summed E-state index contributed by atoms with van der Waals surface area (Å²) in [5, 5.41) is 20.0. The van der Waals surface area contributed by atoms with Crippen molar-refractivity contribution >= 4 is 0 Å². The SMILES string of the molecule is CC(C)=C[C@H]1C[C@H](C)[C@]2(CC[C@]3(C)C[C@H]4c5c(cnnc5C[C@@]4(C)O)CC[C@H]32)O1. The van der Waals surface area contributed by atoms with E-state index in [0.29, 0.717) is 18.3 Å². The molecule has 4 aliphatic rings. The molecule has 4 heteroatoms. The van der Waals surface area contributed by atoms with E-state index in [1.165, 1.54) is 23.1 Å². The largest absolute Gasteiger partial charge is 0.389 e. The van der Waals surface area contributed by atoms with Crippen LogP contribution in [0.1, 0.15) is 89.5 Å². The summed E-state index contributed by atoms with van der Waals surface area (Å²) in [6, 6.07) is 0. The van der Waals surface area contributed by atoms with E-state index in [0.717, 1.165) is 37.8 Å². The number of rotatable bonds is 1. The summed E-state index contributed by atoms with van der Waals surface area (Å²) in [6.45, 7) is 11.2. The van der Waals surface area contributed by atoms with Crippen LogP contribution < -0.4 is 0 Å². The van der Waals surface area contributed by atoms with Crippen LogP contribution in [0.3, 0.4) is 0 Å². The first kappa shape index (κ1) is 19.7. The van der Waals surface area contributed by atoms with Gasteiger partial charge in [-0.05, 0) is 87.7 Å². The van der Waals surface area contributed by atoms with Crippen molar-refractivity contribution in [3.8, 4) is 0 Å². The fourth-order valence-electron chi connectivity index (χ4n) is 7.55. The summed E-state index contributed by atoms with van der Waals surface area (Å²) < 4.78 is 6.92. The molecule has 0 radical (unpaired) electrons. The van der Waals surface area contributed by atoms with E-state index in [2.05, 4.69) is 44.0 Å². The maximum absolute atomic E-state index is 11.3. The third kappa shape index (κ3) is 2.85. The number of hydrogen-bond acceptors (Lipinski definition) is 4. The molecule has 1 saturated heterocycles. The zero-order valence-electron chi connectivity index (χ0n) is 18.7. The molecule has 0 amide bonds. The normalized spacial score (nSPS) is 45.6. The molecule has 4 nitrogen and oxygen atoms in total. The van der Waals surface area contributed by atoms with Crippen molar-refractivity contribution in [3.63, 3.8) is 0 Å². The summed E-state index contributed by atoms with van der Waals surface area (Å²) in [4.78, 5) is 0. The lowest BCUT2D eigenvalue weighted by molar-refractivity contribution is -0.0936. The molecule has 158 valence electrons. The van der Waals surface area contributed by atoms with E-state index in [4.69, 9.17) is 4.74 Å². The second-order valence-electron chi connectivity index (χ2n) is 11.3. The molecule has 0 unspecified atom stereocenters. The molecule has 1 aromatic heterocycles. The monoisotopic (exact) mass is 396 g/mol. The number of ether oxygens (including phenoxy) is 1. The van der Waals surface area contributed by atoms with E-state index >= 15 is 0 Å². The maximum atomic E-state index is 11.3. The Morgan fingerprint density at radius 2 is 2.07 bits per heavy atom. The number of allylic oxidation sites excluding steroid dienone is 1. The lowest BCUT2D eigenvalue weighted by Crippen LogP contribution is -2.45. The molecule has 2 heterocycles. The summed E-state index contributed by atoms with van der Waals surface area (Å²) in [6.07, 6.45) is 11.8. The van der Waals surface area contributed by atoms with Gasteiger partial charge in [0.05, 0.1) is 29.2 Å². The zero-order chi connectivity index (χ0) is 20.6. The standard InChI is InChI=1S/C25H36N2O2/c1-15(2)10-18-11-16(3)25(29-18)9-8-23(4)12-19-22-17(6-7-21(23)25)14-26-27-20(22)13-24(19,5)28/h10,14,16,18-19,21,28H,6-9,11-13H2,1-5H3/t16-,18-,19-,21+,23+,24+,25-/m0/s1. The summed E-state index contributed by atoms with van der Waals surface area (Å²) >= 11 is 0. The van der Waals surface area contributed by atoms with Crippen LogP contribution in [0.4, 0.5) is 0 Å². The fraction of sp³-hybridized carbons (Fsp3) is 0.760. The maximum Gasteiger partial charge on any atom is 0.0769 e. The summed E-state index contributed by atoms with van der Waals surface area (Å²) in [5.74, 6) is 1.27. The Balaban J connectivity index is 1.54. The molecular weight excluding hydrogens is 360 g/mol. The Morgan fingerprint density at radius 3 is 2.83 bits per heavy atom. The Morgan fingerprint density at radius 1 is 1.28 bits per heavy atom. The van der Waals surface area contributed by atoms with Crippen LogP contribution in [-0.4, -0.2) is 32.6 Å². The third-order valence-corrected chi connectivity index (χ3v) is 8.87. The lowest BCUT2D eigenvalue weighted by Gasteiger charge is -2.45. The predicted octanol–water partition coefficient (Wildman–Crippen LogP) is 4.75. The lowest BCUT2D eigenvalue weighted by atomic mass is 9.62. The van der Waals surface area contributed by atoms with E-state index in [1.807, 2.05) is 13.1 Å². The van der Waals surface area contributed by atoms with Crippen molar-refractivity contribution in [3.05, 3.63) is 34.7 Å². The van der Waals surface area contributed by atoms with Crippen molar-refractivity contribution in [2.75, 3.05) is 0 Å². The second-order valence-corrected chi connectivity index (χ2v) is 11.3. The predicted molar refractivity (Wildman–Crippen MR) is 114 cm³/mol. The van der Waals surface area contributed by atoms with E-state index < -0.39 is 5.60 Å². The van der Waals surface area contributed by atoms with Gasteiger partial charge in [-0.3, -0.25) is 0 Å². The van der Waals surface area contributed by atoms with Gasteiger partial charge in [0, 0.05) is 12.3 Å². The van der Waals surface area contributed by atoms with Crippen molar-refractivity contribution < 1.29 is 9.84 Å². The van der Waals surface area contributed by atoms with Gasteiger partial charge in [0.25, 0.3) is 0 Å². The number of hydrogen-bond donors (Lipinski definition) is 1. The number of aromatic nitrogens is 2. The quantitative estimate of drug-likeness (QED) is 0.696. The van der Waals surface area contributed by atoms with Crippen molar-refractivity contribution in [1.29, 1.82) is 0 Å². The Labute approximate surface area is 175 Å². The van der Waals surface area contributed by atoms with Gasteiger partial charge in [0.1, 0.15) is 0 Å². The highest BCUT2D eigenvalue weighted by Crippen LogP contribution is 2.64. The molecule has 0 bridgehead atoms. The van der Waals surface area contributed by atoms with Crippen LogP contribution in [0.25, 0.3) is 0 Å². The number of nitrogens with zero attached hydrogens (tertiary/aromatic N) is 2. The van der Waals surface area contributed by atoms with Crippen LogP contribution in [0.15, 0.2) is 17.8 Å². The molecule has 5 rings (SSSR count). The molecule has 3 aliphatic carbocycles. The number of aryl methyl sites for hydroxylation is 1.